The lowest BCUT2D eigenvalue weighted by Crippen LogP contribution is -2.64. The van der Waals surface area contributed by atoms with Gasteiger partial charge in [0, 0.05) is 31.6 Å². The first kappa shape index (κ1) is 14.4. The maximum Gasteiger partial charge on any atom is 0.409 e. The van der Waals surface area contributed by atoms with Crippen molar-refractivity contribution in [1.29, 1.82) is 0 Å². The molecule has 2 bridgehead atoms. The van der Waals surface area contributed by atoms with E-state index in [2.05, 4.69) is 11.5 Å². The average molecular weight is 292 g/mol. The topological polar surface area (TPSA) is 49.9 Å². The first-order valence-corrected chi connectivity index (χ1v) is 7.90. The van der Waals surface area contributed by atoms with Crippen LogP contribution in [0.3, 0.4) is 0 Å². The van der Waals surface area contributed by atoms with Gasteiger partial charge in [-0.05, 0) is 37.5 Å². The van der Waals surface area contributed by atoms with Gasteiger partial charge in [-0.25, -0.2) is 4.79 Å². The number of fused-ring (bicyclic) bond motifs is 4. The molecule has 3 fully saturated rings. The number of likely N-dealkylation sites (tertiary alicyclic amines) is 1. The van der Waals surface area contributed by atoms with Gasteiger partial charge in [0.25, 0.3) is 0 Å². The number of hydrogen-bond acceptors (Lipinski definition) is 3. The normalized spacial score (nSPS) is 35.2. The zero-order chi connectivity index (χ0) is 15.0. The molecule has 3 saturated heterocycles. The van der Waals surface area contributed by atoms with Crippen LogP contribution in [-0.2, 0) is 9.53 Å². The summed E-state index contributed by atoms with van der Waals surface area (Å²) < 4.78 is 4.96. The van der Waals surface area contributed by atoms with Gasteiger partial charge in [0.2, 0.25) is 5.91 Å². The molecule has 3 aliphatic heterocycles. The Morgan fingerprint density at radius 1 is 1.43 bits per heavy atom. The Labute approximate surface area is 125 Å². The molecular weight excluding hydrogens is 268 g/mol. The van der Waals surface area contributed by atoms with E-state index in [9.17, 15) is 9.59 Å². The molecule has 0 spiro atoms. The summed E-state index contributed by atoms with van der Waals surface area (Å²) in [6.45, 7) is 5.31. The Hall–Kier alpha value is -1.52. The molecule has 4 atom stereocenters. The molecular formula is C16H24N2O3. The standard InChI is InChI=1S/C16H24N2O3/c1-3-5-13-11-8-12(10-18(13)16(20)21-2)14-6-4-7-15(19)17(14)9-11/h3,11-14H,1,4-10H2,2H3/t11-,12-,13-,14+/m0/s1. The molecule has 5 nitrogen and oxygen atoms in total. The van der Waals surface area contributed by atoms with E-state index in [4.69, 9.17) is 4.74 Å². The fraction of sp³-hybridized carbons (Fsp3) is 0.750. The molecule has 21 heavy (non-hydrogen) atoms. The second kappa shape index (κ2) is 5.70. The predicted octanol–water partition coefficient (Wildman–Crippen LogP) is 2.03. The summed E-state index contributed by atoms with van der Waals surface area (Å²) in [5.74, 6) is 1.04. The van der Waals surface area contributed by atoms with Gasteiger partial charge < -0.3 is 14.5 Å². The lowest BCUT2D eigenvalue weighted by molar-refractivity contribution is -0.146. The number of carbonyl (C=O) groups excluding carboxylic acids is 2. The van der Waals surface area contributed by atoms with Gasteiger partial charge in [-0.2, -0.15) is 0 Å². The minimum absolute atomic E-state index is 0.113. The monoisotopic (exact) mass is 292 g/mol. The van der Waals surface area contributed by atoms with Crippen LogP contribution in [0, 0.1) is 11.8 Å². The number of hydrogen-bond donors (Lipinski definition) is 0. The highest BCUT2D eigenvalue weighted by Gasteiger charge is 2.48. The Kier molecular flexibility index (Phi) is 3.91. The molecule has 5 heteroatoms. The van der Waals surface area contributed by atoms with Crippen LogP contribution in [0.2, 0.25) is 0 Å². The average Bonchev–Trinajstić information content (AvgIpc) is 2.50. The third-order valence-electron chi connectivity index (χ3n) is 5.39. The fourth-order valence-corrected chi connectivity index (χ4v) is 4.48. The van der Waals surface area contributed by atoms with Crippen molar-refractivity contribution in [1.82, 2.24) is 9.80 Å². The van der Waals surface area contributed by atoms with E-state index in [1.165, 1.54) is 7.11 Å². The van der Waals surface area contributed by atoms with E-state index < -0.39 is 0 Å². The summed E-state index contributed by atoms with van der Waals surface area (Å²) >= 11 is 0. The van der Waals surface area contributed by atoms with E-state index in [1.54, 1.807) is 0 Å². The molecule has 0 aromatic rings. The Morgan fingerprint density at radius 3 is 2.95 bits per heavy atom. The summed E-state index contributed by atoms with van der Waals surface area (Å²) in [7, 11) is 1.44. The molecule has 2 amide bonds. The van der Waals surface area contributed by atoms with E-state index >= 15 is 0 Å². The third kappa shape index (κ3) is 2.43. The first-order valence-electron chi connectivity index (χ1n) is 7.90. The van der Waals surface area contributed by atoms with Crippen LogP contribution in [0.4, 0.5) is 4.79 Å². The van der Waals surface area contributed by atoms with Crippen LogP contribution in [-0.4, -0.2) is 54.1 Å². The molecule has 3 rings (SSSR count). The third-order valence-corrected chi connectivity index (χ3v) is 5.39. The molecule has 0 aromatic heterocycles. The van der Waals surface area contributed by atoms with Gasteiger partial charge in [-0.15, -0.1) is 6.58 Å². The largest absolute Gasteiger partial charge is 0.453 e. The van der Waals surface area contributed by atoms with E-state index in [-0.39, 0.29) is 12.1 Å². The van der Waals surface area contributed by atoms with Crippen molar-refractivity contribution >= 4 is 12.0 Å². The molecule has 3 heterocycles. The molecule has 0 saturated carbocycles. The molecule has 0 unspecified atom stereocenters. The molecule has 0 radical (unpaired) electrons. The number of carbonyl (C=O) groups is 2. The Balaban J connectivity index is 1.85. The van der Waals surface area contributed by atoms with Crippen molar-refractivity contribution in [3.63, 3.8) is 0 Å². The first-order chi connectivity index (χ1) is 10.2. The predicted molar refractivity (Wildman–Crippen MR) is 78.7 cm³/mol. The van der Waals surface area contributed by atoms with Crippen molar-refractivity contribution in [3.05, 3.63) is 12.7 Å². The van der Waals surface area contributed by atoms with Gasteiger partial charge in [-0.3, -0.25) is 4.79 Å². The lowest BCUT2D eigenvalue weighted by Gasteiger charge is -2.55. The second-order valence-corrected chi connectivity index (χ2v) is 6.48. The van der Waals surface area contributed by atoms with Crippen LogP contribution in [0.15, 0.2) is 12.7 Å². The highest BCUT2D eigenvalue weighted by Crippen LogP contribution is 2.41. The van der Waals surface area contributed by atoms with Crippen LogP contribution in [0.5, 0.6) is 0 Å². The summed E-state index contributed by atoms with van der Waals surface area (Å²) in [6, 6.07) is 0.432. The SMILES string of the molecule is C=CC[C@H]1[C@H]2C[C@@H](CN1C(=O)OC)[C@H]1CCCC(=O)N1C2. The van der Waals surface area contributed by atoms with Gasteiger partial charge >= 0.3 is 6.09 Å². The zero-order valence-electron chi connectivity index (χ0n) is 12.7. The number of piperidine rings is 3. The number of rotatable bonds is 2. The maximum absolute atomic E-state index is 12.2. The summed E-state index contributed by atoms with van der Waals surface area (Å²) in [6.07, 6.45) is 6.24. The van der Waals surface area contributed by atoms with E-state index in [0.717, 1.165) is 32.2 Å². The number of nitrogens with zero attached hydrogens (tertiary/aromatic N) is 2. The van der Waals surface area contributed by atoms with Crippen LogP contribution >= 0.6 is 0 Å². The van der Waals surface area contributed by atoms with Gasteiger partial charge in [0.15, 0.2) is 0 Å². The molecule has 3 aliphatic rings. The highest BCUT2D eigenvalue weighted by molar-refractivity contribution is 5.77. The van der Waals surface area contributed by atoms with E-state index in [1.807, 2.05) is 11.0 Å². The summed E-state index contributed by atoms with van der Waals surface area (Å²) in [5, 5.41) is 0. The van der Waals surface area contributed by atoms with Gasteiger partial charge in [-0.1, -0.05) is 6.08 Å². The minimum Gasteiger partial charge on any atom is -0.453 e. The van der Waals surface area contributed by atoms with Crippen molar-refractivity contribution in [3.8, 4) is 0 Å². The number of ether oxygens (including phenoxy) is 1. The maximum atomic E-state index is 12.2. The second-order valence-electron chi connectivity index (χ2n) is 6.48. The zero-order valence-corrected chi connectivity index (χ0v) is 12.7. The smallest absolute Gasteiger partial charge is 0.409 e. The van der Waals surface area contributed by atoms with Crippen molar-refractivity contribution in [2.45, 2.75) is 44.2 Å². The summed E-state index contributed by atoms with van der Waals surface area (Å²) in [5.41, 5.74) is 0. The minimum atomic E-state index is -0.243. The van der Waals surface area contributed by atoms with Crippen LogP contribution in [0.1, 0.15) is 32.1 Å². The summed E-state index contributed by atoms with van der Waals surface area (Å²) in [4.78, 5) is 28.3. The van der Waals surface area contributed by atoms with Crippen LogP contribution < -0.4 is 0 Å². The number of methoxy groups -OCH3 is 1. The van der Waals surface area contributed by atoms with Gasteiger partial charge in [0.1, 0.15) is 0 Å². The Morgan fingerprint density at radius 2 is 2.24 bits per heavy atom. The van der Waals surface area contributed by atoms with E-state index in [0.29, 0.717) is 36.8 Å². The Bertz CT molecular complexity index is 451. The fourth-order valence-electron chi connectivity index (χ4n) is 4.48. The van der Waals surface area contributed by atoms with Crippen molar-refractivity contribution in [2.24, 2.45) is 11.8 Å². The lowest BCUT2D eigenvalue weighted by atomic mass is 9.72. The van der Waals surface area contributed by atoms with Crippen molar-refractivity contribution < 1.29 is 14.3 Å². The molecule has 0 aromatic carbocycles. The van der Waals surface area contributed by atoms with Crippen LogP contribution in [0.25, 0.3) is 0 Å². The molecule has 116 valence electrons. The number of amides is 2. The van der Waals surface area contributed by atoms with Gasteiger partial charge in [0.05, 0.1) is 7.11 Å². The quantitative estimate of drug-likeness (QED) is 0.732. The molecule has 0 aliphatic carbocycles. The molecule has 0 N–H and O–H groups in total. The van der Waals surface area contributed by atoms with Crippen molar-refractivity contribution in [2.75, 3.05) is 20.2 Å². The highest BCUT2D eigenvalue weighted by atomic mass is 16.5.